The molecule has 0 N–H and O–H groups in total. The Morgan fingerprint density at radius 2 is 2.25 bits per heavy atom. The summed E-state index contributed by atoms with van der Waals surface area (Å²) in [6, 6.07) is 0. The highest BCUT2D eigenvalue weighted by atomic mass is 32.3. The summed E-state index contributed by atoms with van der Waals surface area (Å²) in [7, 11) is -2.85. The fraction of sp³-hybridized carbons (Fsp3) is 0.750. The lowest BCUT2D eigenvalue weighted by Crippen LogP contribution is -2.13. The molecule has 0 spiro atoms. The molecule has 0 aliphatic rings. The highest BCUT2D eigenvalue weighted by Crippen LogP contribution is 1.93. The predicted octanol–water partition coefficient (Wildman–Crippen LogP) is -0.225. The predicted molar refractivity (Wildman–Crippen MR) is 33.8 cm³/mol. The Balaban J connectivity index is 3.73. The average Bonchev–Trinajstić information content (AvgIpc) is 1.67. The molecule has 0 saturated carbocycles. The Labute approximate surface area is 49.7 Å². The second-order valence-corrected chi connectivity index (χ2v) is 3.72. The van der Waals surface area contributed by atoms with Gasteiger partial charge in [-0.15, -0.1) is 10.2 Å². The molecule has 0 unspecified atom stereocenters. The summed E-state index contributed by atoms with van der Waals surface area (Å²) in [6.45, 7) is 2.02. The van der Waals surface area contributed by atoms with Crippen LogP contribution in [-0.4, -0.2) is 22.7 Å². The first-order valence-electron chi connectivity index (χ1n) is 2.30. The molecule has 0 aliphatic carbocycles. The number of thiol groups is 1. The van der Waals surface area contributed by atoms with Gasteiger partial charge in [0.05, 0.1) is 6.61 Å². The van der Waals surface area contributed by atoms with Crippen LogP contribution in [-0.2, 0) is 19.2 Å². The summed E-state index contributed by atoms with van der Waals surface area (Å²) >= 11 is 0. The van der Waals surface area contributed by atoms with Crippen molar-refractivity contribution in [3.05, 3.63) is 0 Å². The maximum Gasteiger partial charge on any atom is 0.220 e. The van der Waals surface area contributed by atoms with E-state index in [0.717, 1.165) is 0 Å². The van der Waals surface area contributed by atoms with Crippen molar-refractivity contribution in [2.24, 2.45) is 0 Å². The van der Waals surface area contributed by atoms with Crippen LogP contribution in [0.2, 0.25) is 0 Å². The molecule has 0 radical (unpaired) electrons. The van der Waals surface area contributed by atoms with Gasteiger partial charge in [0.25, 0.3) is 0 Å². The van der Waals surface area contributed by atoms with E-state index in [2.05, 4.69) is 4.18 Å². The maximum absolute atomic E-state index is 10.6. The minimum Gasteiger partial charge on any atom is -0.284 e. The summed E-state index contributed by atoms with van der Waals surface area (Å²) in [5.41, 5.74) is 0.358. The molecule has 0 aliphatic heterocycles. The fourth-order valence-corrected chi connectivity index (χ4v) is 0.860. The zero-order valence-corrected chi connectivity index (χ0v) is 5.85. The van der Waals surface area contributed by atoms with Crippen molar-refractivity contribution in [1.82, 2.24) is 0 Å². The van der Waals surface area contributed by atoms with Gasteiger partial charge < -0.3 is 0 Å². The largest absolute Gasteiger partial charge is 0.284 e. The highest BCUT2D eigenvalue weighted by molar-refractivity contribution is 8.10. The van der Waals surface area contributed by atoms with Crippen molar-refractivity contribution < 1.29 is 13.2 Å². The van der Waals surface area contributed by atoms with Crippen LogP contribution in [0.25, 0.3) is 0 Å². The molecule has 0 fully saturated rings. The lowest BCUT2D eigenvalue weighted by atomic mass is 10.9. The van der Waals surface area contributed by atoms with E-state index in [-0.39, 0.29) is 0 Å². The first kappa shape index (κ1) is 7.78. The standard InChI is InChI=1S/C4H10O3S/c1-3-7-8(2,6)4-5/h4,8H,3H2,1-2H3. The Morgan fingerprint density at radius 3 is 2.38 bits per heavy atom. The number of hydrogen-bond acceptors (Lipinski definition) is 3. The Bertz CT molecular complexity index is 120. The van der Waals surface area contributed by atoms with Gasteiger partial charge in [0.1, 0.15) is 0 Å². The molecule has 0 atom stereocenters. The van der Waals surface area contributed by atoms with Gasteiger partial charge >= 0.3 is 0 Å². The van der Waals surface area contributed by atoms with Crippen molar-refractivity contribution in [1.29, 1.82) is 0 Å². The van der Waals surface area contributed by atoms with E-state index in [1.165, 1.54) is 6.26 Å². The second-order valence-electron chi connectivity index (χ2n) is 1.43. The molecule has 0 rings (SSSR count). The lowest BCUT2D eigenvalue weighted by molar-refractivity contribution is 0.366. The first-order chi connectivity index (χ1) is 3.62. The molecule has 0 aromatic heterocycles. The molecular weight excluding hydrogens is 128 g/mol. The smallest absolute Gasteiger partial charge is 0.220 e. The highest BCUT2D eigenvalue weighted by Gasteiger charge is 1.95. The number of rotatable bonds is 3. The van der Waals surface area contributed by atoms with Crippen LogP contribution in [0.1, 0.15) is 6.92 Å². The van der Waals surface area contributed by atoms with Gasteiger partial charge in [-0.3, -0.25) is 8.98 Å². The molecule has 0 bridgehead atoms. The second kappa shape index (κ2) is 2.94. The van der Waals surface area contributed by atoms with Crippen molar-refractivity contribution >= 4 is 15.8 Å². The van der Waals surface area contributed by atoms with Gasteiger partial charge in [-0.2, -0.15) is 0 Å². The first-order valence-corrected chi connectivity index (χ1v) is 4.44. The number of hydrogen-bond donors (Lipinski definition) is 1. The topological polar surface area (TPSA) is 43.4 Å². The van der Waals surface area contributed by atoms with Crippen molar-refractivity contribution in [3.8, 4) is 0 Å². The third-order valence-electron chi connectivity index (χ3n) is 0.577. The SMILES string of the molecule is CCO[SH](C)(=O)C=O. The maximum atomic E-state index is 10.6. The molecule has 3 nitrogen and oxygen atoms in total. The third kappa shape index (κ3) is 2.87. The van der Waals surface area contributed by atoms with Gasteiger partial charge in [-0.1, -0.05) is 0 Å². The van der Waals surface area contributed by atoms with Crippen LogP contribution >= 0.6 is 0 Å². The van der Waals surface area contributed by atoms with E-state index in [0.29, 0.717) is 12.2 Å². The molecule has 0 saturated heterocycles. The molecular formula is C4H10O3S. The van der Waals surface area contributed by atoms with Crippen LogP contribution in [0.5, 0.6) is 0 Å². The lowest BCUT2D eigenvalue weighted by Gasteiger charge is -2.13. The normalized spacial score (nSPS) is 13.2. The molecule has 50 valence electrons. The summed E-state index contributed by atoms with van der Waals surface area (Å²) < 4.78 is 15.2. The number of carbonyl (C=O) groups is 1. The van der Waals surface area contributed by atoms with Gasteiger partial charge in [-0.25, -0.2) is 4.21 Å². The quantitative estimate of drug-likeness (QED) is 0.433. The molecule has 4 heteroatoms. The van der Waals surface area contributed by atoms with Crippen molar-refractivity contribution in [3.63, 3.8) is 0 Å². The van der Waals surface area contributed by atoms with Gasteiger partial charge in [-0.05, 0) is 6.92 Å². The zero-order chi connectivity index (χ0) is 6.62. The van der Waals surface area contributed by atoms with Crippen molar-refractivity contribution in [2.75, 3.05) is 12.9 Å². The third-order valence-corrected chi connectivity index (χ3v) is 1.73. The molecule has 8 heavy (non-hydrogen) atoms. The fourth-order valence-electron chi connectivity index (χ4n) is 0.287. The minimum atomic E-state index is -2.85. The van der Waals surface area contributed by atoms with E-state index >= 15 is 0 Å². The van der Waals surface area contributed by atoms with E-state index in [9.17, 15) is 9.00 Å². The summed E-state index contributed by atoms with van der Waals surface area (Å²) in [5.74, 6) is 0. The Hall–Kier alpha value is -0.220. The van der Waals surface area contributed by atoms with Gasteiger partial charge in [0.15, 0.2) is 0 Å². The summed E-state index contributed by atoms with van der Waals surface area (Å²) in [6.07, 6.45) is 1.30. The van der Waals surface area contributed by atoms with Crippen LogP contribution in [0.4, 0.5) is 0 Å². The Morgan fingerprint density at radius 1 is 1.75 bits per heavy atom. The van der Waals surface area contributed by atoms with E-state index in [1.807, 2.05) is 0 Å². The van der Waals surface area contributed by atoms with E-state index in [1.54, 1.807) is 6.92 Å². The van der Waals surface area contributed by atoms with Crippen LogP contribution < -0.4 is 0 Å². The average molecular weight is 138 g/mol. The Kier molecular flexibility index (Phi) is 2.86. The van der Waals surface area contributed by atoms with Crippen LogP contribution in [0.3, 0.4) is 0 Å². The zero-order valence-electron chi connectivity index (χ0n) is 4.96. The molecule has 0 aromatic rings. The van der Waals surface area contributed by atoms with E-state index in [4.69, 9.17) is 0 Å². The van der Waals surface area contributed by atoms with Crippen LogP contribution in [0.15, 0.2) is 0 Å². The molecule has 0 amide bonds. The van der Waals surface area contributed by atoms with Gasteiger partial charge in [0.2, 0.25) is 5.62 Å². The molecule has 0 heterocycles. The van der Waals surface area contributed by atoms with Crippen molar-refractivity contribution in [2.45, 2.75) is 6.92 Å². The minimum absolute atomic E-state index is 0.326. The number of carbonyl (C=O) groups excluding carboxylic acids is 1. The molecule has 0 aromatic carbocycles. The summed E-state index contributed by atoms with van der Waals surface area (Å²) in [5, 5.41) is 0. The van der Waals surface area contributed by atoms with Gasteiger partial charge in [0, 0.05) is 6.26 Å². The monoisotopic (exact) mass is 138 g/mol. The van der Waals surface area contributed by atoms with E-state index < -0.39 is 10.2 Å². The summed E-state index contributed by atoms with van der Waals surface area (Å²) in [4.78, 5) is 9.83. The van der Waals surface area contributed by atoms with Crippen LogP contribution in [0, 0.1) is 0 Å².